The fourth-order valence-corrected chi connectivity index (χ4v) is 1.11. The van der Waals surface area contributed by atoms with Crippen LogP contribution < -0.4 is 4.74 Å². The number of pyridine rings is 1. The highest BCUT2D eigenvalue weighted by Crippen LogP contribution is 2.30. The topological polar surface area (TPSA) is 39.2 Å². The standard InChI is InChI=1S/C8H6ClF2NO2/c1-14-6-2-4(8(10)11)7(9)5(3-13)12-6/h2-3,8H,1H3. The summed E-state index contributed by atoms with van der Waals surface area (Å²) in [5.74, 6) is -0.0631. The van der Waals surface area contributed by atoms with Crippen LogP contribution in [0.5, 0.6) is 5.88 Å². The largest absolute Gasteiger partial charge is 0.481 e. The molecule has 0 N–H and O–H groups in total. The van der Waals surface area contributed by atoms with Gasteiger partial charge in [-0.3, -0.25) is 4.79 Å². The molecule has 0 bridgehead atoms. The van der Waals surface area contributed by atoms with Crippen molar-refractivity contribution in [2.75, 3.05) is 7.11 Å². The van der Waals surface area contributed by atoms with E-state index in [1.807, 2.05) is 0 Å². The van der Waals surface area contributed by atoms with Crippen LogP contribution in [0.25, 0.3) is 0 Å². The summed E-state index contributed by atoms with van der Waals surface area (Å²) in [7, 11) is 1.26. The molecule has 0 atom stereocenters. The second-order valence-electron chi connectivity index (χ2n) is 2.37. The summed E-state index contributed by atoms with van der Waals surface area (Å²) >= 11 is 5.50. The van der Waals surface area contributed by atoms with Crippen LogP contribution in [0, 0.1) is 0 Å². The highest BCUT2D eigenvalue weighted by Gasteiger charge is 2.17. The number of methoxy groups -OCH3 is 1. The van der Waals surface area contributed by atoms with Gasteiger partial charge in [-0.05, 0) is 0 Å². The van der Waals surface area contributed by atoms with E-state index in [9.17, 15) is 13.6 Å². The van der Waals surface area contributed by atoms with Gasteiger partial charge in [0.1, 0.15) is 5.69 Å². The molecule has 1 aromatic rings. The Balaban J connectivity index is 3.34. The van der Waals surface area contributed by atoms with Gasteiger partial charge in [-0.1, -0.05) is 11.6 Å². The summed E-state index contributed by atoms with van der Waals surface area (Å²) in [6.07, 6.45) is -2.46. The number of alkyl halides is 2. The van der Waals surface area contributed by atoms with Gasteiger partial charge >= 0.3 is 0 Å². The lowest BCUT2D eigenvalue weighted by molar-refractivity contribution is 0.111. The zero-order valence-electron chi connectivity index (χ0n) is 7.13. The number of nitrogens with zero attached hydrogens (tertiary/aromatic N) is 1. The Hall–Kier alpha value is -1.23. The van der Waals surface area contributed by atoms with E-state index in [-0.39, 0.29) is 16.6 Å². The van der Waals surface area contributed by atoms with Crippen molar-refractivity contribution in [3.63, 3.8) is 0 Å². The minimum absolute atomic E-state index is 0.0631. The smallest absolute Gasteiger partial charge is 0.265 e. The summed E-state index contributed by atoms with van der Waals surface area (Å²) in [6, 6.07) is 1.00. The van der Waals surface area contributed by atoms with Gasteiger partial charge in [-0.15, -0.1) is 0 Å². The second-order valence-corrected chi connectivity index (χ2v) is 2.75. The van der Waals surface area contributed by atoms with Crippen LogP contribution >= 0.6 is 11.6 Å². The number of aromatic nitrogens is 1. The van der Waals surface area contributed by atoms with Crippen molar-refractivity contribution in [2.45, 2.75) is 6.43 Å². The van der Waals surface area contributed by atoms with Gasteiger partial charge in [0, 0.05) is 11.6 Å². The first kappa shape index (κ1) is 10.8. The minimum atomic E-state index is -2.77. The monoisotopic (exact) mass is 221 g/mol. The molecule has 0 aromatic carbocycles. The second kappa shape index (κ2) is 4.32. The first-order valence-electron chi connectivity index (χ1n) is 3.58. The molecular weight excluding hydrogens is 216 g/mol. The lowest BCUT2D eigenvalue weighted by Crippen LogP contribution is -1.98. The maximum absolute atomic E-state index is 12.4. The third kappa shape index (κ3) is 1.98. The quantitative estimate of drug-likeness (QED) is 0.736. The summed E-state index contributed by atoms with van der Waals surface area (Å²) in [4.78, 5) is 14.0. The molecule has 1 aromatic heterocycles. The maximum atomic E-state index is 12.4. The summed E-state index contributed by atoms with van der Waals surface area (Å²) in [5.41, 5.74) is -0.707. The molecule has 0 aliphatic carbocycles. The van der Waals surface area contributed by atoms with Gasteiger partial charge in [0.25, 0.3) is 6.43 Å². The number of hydrogen-bond acceptors (Lipinski definition) is 3. The average Bonchev–Trinajstić information content (AvgIpc) is 2.17. The number of carbonyl (C=O) groups excluding carboxylic acids is 1. The molecule has 0 unspecified atom stereocenters. The van der Waals surface area contributed by atoms with E-state index < -0.39 is 12.0 Å². The predicted octanol–water partition coefficient (Wildman–Crippen LogP) is 2.49. The van der Waals surface area contributed by atoms with Crippen LogP contribution in [0.4, 0.5) is 8.78 Å². The molecular formula is C8H6ClF2NO2. The molecule has 76 valence electrons. The van der Waals surface area contributed by atoms with Crippen molar-refractivity contribution < 1.29 is 18.3 Å². The zero-order chi connectivity index (χ0) is 10.7. The molecule has 3 nitrogen and oxygen atoms in total. The van der Waals surface area contributed by atoms with Crippen molar-refractivity contribution in [2.24, 2.45) is 0 Å². The van der Waals surface area contributed by atoms with Gasteiger partial charge in [-0.25, -0.2) is 13.8 Å². The maximum Gasteiger partial charge on any atom is 0.265 e. The van der Waals surface area contributed by atoms with Gasteiger partial charge in [0.15, 0.2) is 6.29 Å². The highest BCUT2D eigenvalue weighted by atomic mass is 35.5. The van der Waals surface area contributed by atoms with E-state index in [2.05, 4.69) is 9.72 Å². The van der Waals surface area contributed by atoms with Gasteiger partial charge < -0.3 is 4.74 Å². The van der Waals surface area contributed by atoms with E-state index in [0.29, 0.717) is 6.29 Å². The third-order valence-electron chi connectivity index (χ3n) is 1.54. The fraction of sp³-hybridized carbons (Fsp3) is 0.250. The summed E-state index contributed by atoms with van der Waals surface area (Å²) in [6.45, 7) is 0. The molecule has 0 fully saturated rings. The number of hydrogen-bond donors (Lipinski definition) is 0. The third-order valence-corrected chi connectivity index (χ3v) is 1.96. The van der Waals surface area contributed by atoms with Crippen molar-refractivity contribution in [3.8, 4) is 5.88 Å². The summed E-state index contributed by atoms with van der Waals surface area (Å²) in [5, 5.41) is -0.337. The van der Waals surface area contributed by atoms with E-state index >= 15 is 0 Å². The molecule has 0 amide bonds. The van der Waals surface area contributed by atoms with E-state index in [4.69, 9.17) is 11.6 Å². The van der Waals surface area contributed by atoms with E-state index in [1.54, 1.807) is 0 Å². The van der Waals surface area contributed by atoms with Crippen LogP contribution in [-0.2, 0) is 0 Å². The molecule has 14 heavy (non-hydrogen) atoms. The van der Waals surface area contributed by atoms with Crippen molar-refractivity contribution in [1.82, 2.24) is 4.98 Å². The average molecular weight is 222 g/mol. The number of halogens is 3. The Morgan fingerprint density at radius 2 is 2.29 bits per heavy atom. The predicted molar refractivity (Wildman–Crippen MR) is 46.1 cm³/mol. The Kier molecular flexibility index (Phi) is 3.35. The molecule has 0 radical (unpaired) electrons. The number of rotatable bonds is 3. The Labute approximate surface area is 83.7 Å². The van der Waals surface area contributed by atoms with Crippen molar-refractivity contribution in [1.29, 1.82) is 0 Å². The lowest BCUT2D eigenvalue weighted by Gasteiger charge is -2.07. The molecule has 0 saturated heterocycles. The molecule has 0 spiro atoms. The Morgan fingerprint density at radius 3 is 2.71 bits per heavy atom. The van der Waals surface area contributed by atoms with E-state index in [1.165, 1.54) is 7.11 Å². The lowest BCUT2D eigenvalue weighted by atomic mass is 10.2. The number of ether oxygens (including phenoxy) is 1. The molecule has 0 saturated carbocycles. The highest BCUT2D eigenvalue weighted by molar-refractivity contribution is 6.33. The minimum Gasteiger partial charge on any atom is -0.481 e. The zero-order valence-corrected chi connectivity index (χ0v) is 7.89. The first-order valence-corrected chi connectivity index (χ1v) is 3.95. The van der Waals surface area contributed by atoms with Crippen molar-refractivity contribution >= 4 is 17.9 Å². The summed E-state index contributed by atoms with van der Waals surface area (Å²) < 4.78 is 29.4. The Morgan fingerprint density at radius 1 is 1.64 bits per heavy atom. The van der Waals surface area contributed by atoms with Crippen molar-refractivity contribution in [3.05, 3.63) is 22.3 Å². The van der Waals surface area contributed by atoms with Gasteiger partial charge in [0.05, 0.1) is 12.1 Å². The normalized spacial score (nSPS) is 10.4. The van der Waals surface area contributed by atoms with Gasteiger partial charge in [-0.2, -0.15) is 0 Å². The Bertz CT molecular complexity index is 357. The van der Waals surface area contributed by atoms with Crippen LogP contribution in [0.2, 0.25) is 5.02 Å². The molecule has 1 rings (SSSR count). The van der Waals surface area contributed by atoms with E-state index in [0.717, 1.165) is 6.07 Å². The number of carbonyl (C=O) groups is 1. The van der Waals surface area contributed by atoms with Gasteiger partial charge in [0.2, 0.25) is 5.88 Å². The fourth-order valence-electron chi connectivity index (χ4n) is 0.886. The first-order chi connectivity index (χ1) is 6.60. The molecule has 0 aliphatic rings. The van der Waals surface area contributed by atoms with Crippen LogP contribution in [0.3, 0.4) is 0 Å². The molecule has 6 heteroatoms. The van der Waals surface area contributed by atoms with Crippen LogP contribution in [0.1, 0.15) is 22.5 Å². The molecule has 0 aliphatic heterocycles. The van der Waals surface area contributed by atoms with Crippen LogP contribution in [0.15, 0.2) is 6.07 Å². The SMILES string of the molecule is COc1cc(C(F)F)c(Cl)c(C=O)n1. The molecule has 1 heterocycles. The number of aldehydes is 1. The van der Waals surface area contributed by atoms with Crippen LogP contribution in [-0.4, -0.2) is 18.4 Å².